The molecule has 0 saturated heterocycles. The molecule has 4 heterocycles. The Morgan fingerprint density at radius 2 is 1.92 bits per heavy atom. The maximum atomic E-state index is 13.6. The largest absolute Gasteiger partial charge is 0.491 e. The van der Waals surface area contributed by atoms with Gasteiger partial charge in [-0.25, -0.2) is 18.4 Å². The topological polar surface area (TPSA) is 177 Å². The number of thiophene rings is 1. The first kappa shape index (κ1) is 24.6. The van der Waals surface area contributed by atoms with Gasteiger partial charge in [0.1, 0.15) is 15.4 Å². The van der Waals surface area contributed by atoms with Crippen molar-refractivity contribution in [2.45, 2.75) is 13.1 Å². The van der Waals surface area contributed by atoms with Crippen molar-refractivity contribution < 1.29 is 23.3 Å². The Bertz CT molecular complexity index is 1700. The van der Waals surface area contributed by atoms with Gasteiger partial charge in [-0.15, -0.1) is 11.3 Å². The van der Waals surface area contributed by atoms with Gasteiger partial charge in [-0.3, -0.25) is 9.59 Å². The predicted molar refractivity (Wildman–Crippen MR) is 131 cm³/mol. The number of primary amides is 1. The van der Waals surface area contributed by atoms with E-state index in [1.54, 1.807) is 30.3 Å². The monoisotopic (exact) mass is 539 g/mol. The number of halogens is 2. The van der Waals surface area contributed by atoms with Crippen molar-refractivity contribution >= 4 is 45.0 Å². The van der Waals surface area contributed by atoms with Crippen molar-refractivity contribution in [3.05, 3.63) is 81.4 Å². The summed E-state index contributed by atoms with van der Waals surface area (Å²) in [4.78, 5) is 43.0. The number of rotatable bonds is 8. The van der Waals surface area contributed by atoms with Gasteiger partial charge in [0.15, 0.2) is 12.4 Å². The SMILES string of the molecule is NC(=O)c1sc2nc(C(F)F)cc(-c3ccccc3)c2c1NC(=O)c1ccn(Cn2cnc([N+](=O)[O-])n2)n1. The lowest BCUT2D eigenvalue weighted by atomic mass is 10.0. The molecule has 0 unspecified atom stereocenters. The Kier molecular flexibility index (Phi) is 6.29. The minimum absolute atomic E-state index is 0.0242. The minimum Gasteiger partial charge on any atom is -0.390 e. The number of nitrogens with two attached hydrogens (primary N) is 1. The molecule has 1 aromatic carbocycles. The van der Waals surface area contributed by atoms with Crippen LogP contribution in [0.2, 0.25) is 0 Å². The van der Waals surface area contributed by atoms with Gasteiger partial charge < -0.3 is 21.2 Å². The number of amides is 2. The molecular weight excluding hydrogens is 524 g/mol. The summed E-state index contributed by atoms with van der Waals surface area (Å²) in [6, 6.07) is 11.2. The van der Waals surface area contributed by atoms with Crippen LogP contribution in [0.15, 0.2) is 55.0 Å². The van der Waals surface area contributed by atoms with Crippen LogP contribution in [-0.2, 0) is 6.67 Å². The van der Waals surface area contributed by atoms with Crippen molar-refractivity contribution in [1.29, 1.82) is 0 Å². The third-order valence-electron chi connectivity index (χ3n) is 5.30. The Morgan fingerprint density at radius 3 is 2.58 bits per heavy atom. The highest BCUT2D eigenvalue weighted by atomic mass is 32.1. The van der Waals surface area contributed by atoms with Crippen molar-refractivity contribution in [2.24, 2.45) is 5.73 Å². The molecular formula is C22H15F2N9O4S. The Labute approximate surface area is 214 Å². The fraction of sp³-hybridized carbons (Fsp3) is 0.0909. The van der Waals surface area contributed by atoms with Crippen molar-refractivity contribution in [3.8, 4) is 11.1 Å². The van der Waals surface area contributed by atoms with Gasteiger partial charge in [0.05, 0.1) is 5.69 Å². The van der Waals surface area contributed by atoms with E-state index in [-0.39, 0.29) is 33.1 Å². The van der Waals surface area contributed by atoms with E-state index in [4.69, 9.17) is 5.73 Å². The first-order valence-electron chi connectivity index (χ1n) is 10.7. The van der Waals surface area contributed by atoms with E-state index >= 15 is 0 Å². The number of hydrogen-bond acceptors (Lipinski definition) is 9. The van der Waals surface area contributed by atoms with E-state index in [2.05, 4.69) is 25.5 Å². The molecule has 0 atom stereocenters. The van der Waals surface area contributed by atoms with Crippen LogP contribution < -0.4 is 11.1 Å². The van der Waals surface area contributed by atoms with Crippen LogP contribution in [0.25, 0.3) is 21.3 Å². The van der Waals surface area contributed by atoms with Crippen LogP contribution in [0, 0.1) is 10.1 Å². The molecule has 0 aliphatic heterocycles. The van der Waals surface area contributed by atoms with Crippen LogP contribution >= 0.6 is 11.3 Å². The number of benzene rings is 1. The van der Waals surface area contributed by atoms with E-state index in [0.29, 0.717) is 11.1 Å². The number of anilines is 1. The van der Waals surface area contributed by atoms with E-state index in [1.807, 2.05) is 0 Å². The molecule has 0 saturated carbocycles. The molecule has 3 N–H and O–H groups in total. The number of alkyl halides is 2. The molecule has 0 aliphatic rings. The number of pyridine rings is 1. The number of nitro groups is 1. The van der Waals surface area contributed by atoms with Crippen LogP contribution in [0.1, 0.15) is 32.3 Å². The molecule has 4 aromatic heterocycles. The van der Waals surface area contributed by atoms with E-state index in [1.165, 1.54) is 23.0 Å². The van der Waals surface area contributed by atoms with E-state index < -0.39 is 34.8 Å². The average Bonchev–Trinajstić information content (AvgIpc) is 3.63. The summed E-state index contributed by atoms with van der Waals surface area (Å²) in [5, 5.41) is 21.5. The maximum absolute atomic E-state index is 13.6. The lowest BCUT2D eigenvalue weighted by molar-refractivity contribution is -0.394. The van der Waals surface area contributed by atoms with Gasteiger partial charge >= 0.3 is 5.95 Å². The molecule has 0 radical (unpaired) electrons. The molecule has 13 nitrogen and oxygen atoms in total. The van der Waals surface area contributed by atoms with E-state index in [0.717, 1.165) is 22.3 Å². The van der Waals surface area contributed by atoms with Gasteiger partial charge in [-0.1, -0.05) is 35.3 Å². The number of nitrogens with one attached hydrogen (secondary N) is 1. The third kappa shape index (κ3) is 4.66. The second-order valence-corrected chi connectivity index (χ2v) is 8.79. The Morgan fingerprint density at radius 1 is 1.16 bits per heavy atom. The first-order chi connectivity index (χ1) is 18.2. The molecule has 192 valence electrons. The van der Waals surface area contributed by atoms with Gasteiger partial charge in [0.2, 0.25) is 6.33 Å². The number of hydrogen-bond donors (Lipinski definition) is 2. The van der Waals surface area contributed by atoms with Gasteiger partial charge in [0.25, 0.3) is 18.2 Å². The minimum atomic E-state index is -2.87. The zero-order valence-electron chi connectivity index (χ0n) is 19.0. The third-order valence-corrected chi connectivity index (χ3v) is 6.40. The quantitative estimate of drug-likeness (QED) is 0.222. The lowest BCUT2D eigenvalue weighted by Gasteiger charge is -2.10. The fourth-order valence-corrected chi connectivity index (χ4v) is 4.71. The number of nitrogens with zero attached hydrogens (tertiary/aromatic N) is 7. The highest BCUT2D eigenvalue weighted by Crippen LogP contribution is 2.42. The predicted octanol–water partition coefficient (Wildman–Crippen LogP) is 3.45. The summed E-state index contributed by atoms with van der Waals surface area (Å²) in [5.41, 5.74) is 5.93. The summed E-state index contributed by atoms with van der Waals surface area (Å²) in [7, 11) is 0. The van der Waals surface area contributed by atoms with Gasteiger partial charge in [-0.05, 0) is 28.2 Å². The van der Waals surface area contributed by atoms with Crippen molar-refractivity contribution in [3.63, 3.8) is 0 Å². The van der Waals surface area contributed by atoms with Gasteiger partial charge in [-0.2, -0.15) is 9.78 Å². The van der Waals surface area contributed by atoms with Crippen molar-refractivity contribution in [1.82, 2.24) is 29.5 Å². The second kappa shape index (κ2) is 9.74. The lowest BCUT2D eigenvalue weighted by Crippen LogP contribution is -2.18. The second-order valence-electron chi connectivity index (χ2n) is 7.79. The molecule has 0 fully saturated rings. The van der Waals surface area contributed by atoms with Crippen LogP contribution in [0.4, 0.5) is 20.4 Å². The molecule has 38 heavy (non-hydrogen) atoms. The smallest absolute Gasteiger partial charge is 0.390 e. The Hall–Kier alpha value is -5.12. The standard InChI is InChI=1S/C22H15F2N9O4S/c23-18(24)14-8-12(11-4-2-1-3-5-11)15-16(17(19(25)34)38-21(15)27-14)28-20(35)13-6-7-31(29-13)10-32-9-26-22(30-32)33(36)37/h1-9,18H,10H2,(H2,25,34)(H,28,35). The first-order valence-corrected chi connectivity index (χ1v) is 11.5. The van der Waals surface area contributed by atoms with E-state index in [9.17, 15) is 28.5 Å². The normalized spacial score (nSPS) is 11.2. The highest BCUT2D eigenvalue weighted by molar-refractivity contribution is 7.21. The highest BCUT2D eigenvalue weighted by Gasteiger charge is 2.26. The molecule has 16 heteroatoms. The number of carbonyl (C=O) groups excluding carboxylic acids is 2. The molecule has 2 amide bonds. The average molecular weight is 539 g/mol. The summed E-state index contributed by atoms with van der Waals surface area (Å²) in [6.07, 6.45) is -0.286. The molecule has 0 bridgehead atoms. The van der Waals surface area contributed by atoms with Crippen molar-refractivity contribution in [2.75, 3.05) is 5.32 Å². The number of aromatic nitrogens is 6. The molecule has 0 spiro atoms. The summed E-state index contributed by atoms with van der Waals surface area (Å²) >= 11 is 0.788. The zero-order chi connectivity index (χ0) is 27.0. The molecule has 5 aromatic rings. The molecule has 5 rings (SSSR count). The summed E-state index contributed by atoms with van der Waals surface area (Å²) < 4.78 is 29.7. The van der Waals surface area contributed by atoms with Crippen LogP contribution in [0.3, 0.4) is 0 Å². The van der Waals surface area contributed by atoms with Crippen LogP contribution in [0.5, 0.6) is 0 Å². The molecule has 0 aliphatic carbocycles. The summed E-state index contributed by atoms with van der Waals surface area (Å²) in [5.74, 6) is -2.18. The van der Waals surface area contributed by atoms with Crippen LogP contribution in [-0.4, -0.2) is 46.3 Å². The van der Waals surface area contributed by atoms with Gasteiger partial charge in [0, 0.05) is 16.7 Å². The maximum Gasteiger partial charge on any atom is 0.491 e. The Balaban J connectivity index is 1.52. The number of carbonyl (C=O) groups is 2. The fourth-order valence-electron chi connectivity index (χ4n) is 3.69. The number of fused-ring (bicyclic) bond motifs is 1. The zero-order valence-corrected chi connectivity index (χ0v) is 19.8. The summed E-state index contributed by atoms with van der Waals surface area (Å²) in [6.45, 7) is -0.0689.